The number of amides is 2. The summed E-state index contributed by atoms with van der Waals surface area (Å²) in [4.78, 5) is 27.1. The van der Waals surface area contributed by atoms with E-state index in [4.69, 9.17) is 10.5 Å². The molecule has 0 saturated carbocycles. The molecular formula is C26H28N4O3. The van der Waals surface area contributed by atoms with Crippen LogP contribution >= 0.6 is 0 Å². The first-order valence-electron chi connectivity index (χ1n) is 11.0. The lowest BCUT2D eigenvalue weighted by molar-refractivity contribution is -0.117. The quantitative estimate of drug-likeness (QED) is 0.495. The van der Waals surface area contributed by atoms with Crippen molar-refractivity contribution in [2.24, 2.45) is 5.73 Å². The number of cyclic esters (lactones) is 1. The van der Waals surface area contributed by atoms with Crippen LogP contribution in [0.5, 0.6) is 0 Å². The highest BCUT2D eigenvalue weighted by atomic mass is 16.6. The van der Waals surface area contributed by atoms with Crippen LogP contribution in [0.3, 0.4) is 0 Å². The van der Waals surface area contributed by atoms with Crippen LogP contribution in [0.1, 0.15) is 29.2 Å². The number of carbonyl (C=O) groups is 2. The third kappa shape index (κ3) is 5.32. The normalized spacial score (nSPS) is 14.4. The lowest BCUT2D eigenvalue weighted by Gasteiger charge is -2.28. The van der Waals surface area contributed by atoms with Crippen molar-refractivity contribution < 1.29 is 14.3 Å². The Labute approximate surface area is 193 Å². The second-order valence-electron chi connectivity index (χ2n) is 8.00. The van der Waals surface area contributed by atoms with Gasteiger partial charge in [0.15, 0.2) is 0 Å². The van der Waals surface area contributed by atoms with Gasteiger partial charge in [0.05, 0.1) is 12.3 Å². The van der Waals surface area contributed by atoms with Gasteiger partial charge in [0, 0.05) is 24.5 Å². The molecule has 7 heteroatoms. The van der Waals surface area contributed by atoms with E-state index in [9.17, 15) is 9.59 Å². The molecule has 0 spiro atoms. The molecule has 0 unspecified atom stereocenters. The van der Waals surface area contributed by atoms with Gasteiger partial charge in [-0.25, -0.2) is 4.79 Å². The summed E-state index contributed by atoms with van der Waals surface area (Å²) in [6, 6.07) is 22.2. The Morgan fingerprint density at radius 1 is 1.06 bits per heavy atom. The van der Waals surface area contributed by atoms with Crippen LogP contribution in [-0.2, 0) is 16.1 Å². The van der Waals surface area contributed by atoms with E-state index in [1.807, 2.05) is 73.7 Å². The molecule has 0 bridgehead atoms. The van der Waals surface area contributed by atoms with Crippen molar-refractivity contribution >= 4 is 29.1 Å². The first kappa shape index (κ1) is 22.4. The number of hydrogen-bond acceptors (Lipinski definition) is 5. The fourth-order valence-electron chi connectivity index (χ4n) is 3.92. The summed E-state index contributed by atoms with van der Waals surface area (Å²) in [6.07, 6.45) is 0.452. The zero-order valence-electron chi connectivity index (χ0n) is 18.6. The summed E-state index contributed by atoms with van der Waals surface area (Å²) < 4.78 is 5.15. The number of carbonyl (C=O) groups excluding carboxylic acids is 2. The van der Waals surface area contributed by atoms with E-state index < -0.39 is 6.04 Å². The largest absolute Gasteiger partial charge is 0.449 e. The van der Waals surface area contributed by atoms with Crippen molar-refractivity contribution in [3.8, 4) is 0 Å². The highest BCUT2D eigenvalue weighted by Crippen LogP contribution is 2.27. The monoisotopic (exact) mass is 444 g/mol. The Hall–Kier alpha value is -3.84. The first-order chi connectivity index (χ1) is 16.0. The van der Waals surface area contributed by atoms with Crippen molar-refractivity contribution in [3.05, 3.63) is 89.5 Å². The summed E-state index contributed by atoms with van der Waals surface area (Å²) in [5, 5.41) is 6.35. The van der Waals surface area contributed by atoms with E-state index >= 15 is 0 Å². The molecule has 0 aliphatic carbocycles. The Bertz CT molecular complexity index is 1130. The smallest absolute Gasteiger partial charge is 0.414 e. The van der Waals surface area contributed by atoms with E-state index in [2.05, 4.69) is 10.6 Å². The SMILES string of the molecule is Cc1cc(NC(=O)[C@@H](Nc2cccc(CN)c2)c2ccccc2)ccc1N1CCCOC1=O. The first-order valence-corrected chi connectivity index (χ1v) is 11.0. The maximum Gasteiger partial charge on any atom is 0.414 e. The Kier molecular flexibility index (Phi) is 6.90. The molecule has 7 nitrogen and oxygen atoms in total. The molecule has 1 aliphatic heterocycles. The molecule has 0 aromatic heterocycles. The number of benzene rings is 3. The van der Waals surface area contributed by atoms with Crippen LogP contribution in [0.15, 0.2) is 72.8 Å². The Balaban J connectivity index is 1.55. The number of hydrogen-bond donors (Lipinski definition) is 3. The fourth-order valence-corrected chi connectivity index (χ4v) is 3.92. The summed E-state index contributed by atoms with van der Waals surface area (Å²) >= 11 is 0. The van der Waals surface area contributed by atoms with Gasteiger partial charge in [-0.1, -0.05) is 42.5 Å². The third-order valence-electron chi connectivity index (χ3n) is 5.60. The predicted molar refractivity (Wildman–Crippen MR) is 130 cm³/mol. The van der Waals surface area contributed by atoms with Crippen molar-refractivity contribution in [2.45, 2.75) is 25.9 Å². The minimum atomic E-state index is -0.601. The molecule has 3 aromatic carbocycles. The van der Waals surface area contributed by atoms with Crippen LogP contribution in [-0.4, -0.2) is 25.2 Å². The molecule has 3 aromatic rings. The third-order valence-corrected chi connectivity index (χ3v) is 5.60. The molecule has 1 aliphatic rings. The molecule has 33 heavy (non-hydrogen) atoms. The standard InChI is InChI=1S/C26H28N4O3/c1-18-15-22(11-12-23(18)30-13-6-14-33-26(30)32)29-25(31)24(20-8-3-2-4-9-20)28-21-10-5-7-19(16-21)17-27/h2-5,7-12,15-16,24,28H,6,13-14,17,27H2,1H3,(H,29,31)/t24-/m0/s1. The van der Waals surface area contributed by atoms with Gasteiger partial charge >= 0.3 is 6.09 Å². The van der Waals surface area contributed by atoms with Gasteiger partial charge in [-0.05, 0) is 60.4 Å². The number of nitrogens with one attached hydrogen (secondary N) is 2. The average molecular weight is 445 g/mol. The lowest BCUT2D eigenvalue weighted by Crippen LogP contribution is -2.38. The van der Waals surface area contributed by atoms with Crippen molar-refractivity contribution in [1.82, 2.24) is 0 Å². The number of nitrogens with two attached hydrogens (primary N) is 1. The van der Waals surface area contributed by atoms with Gasteiger partial charge in [-0.3, -0.25) is 9.69 Å². The summed E-state index contributed by atoms with van der Waals surface area (Å²) in [5.74, 6) is -0.191. The molecule has 2 amide bonds. The maximum absolute atomic E-state index is 13.3. The second-order valence-corrected chi connectivity index (χ2v) is 8.00. The van der Waals surface area contributed by atoms with Crippen molar-refractivity contribution in [1.29, 1.82) is 0 Å². The molecule has 1 heterocycles. The highest BCUT2D eigenvalue weighted by Gasteiger charge is 2.24. The van der Waals surface area contributed by atoms with Gasteiger partial charge in [0.2, 0.25) is 0 Å². The topological polar surface area (TPSA) is 96.7 Å². The van der Waals surface area contributed by atoms with E-state index in [1.165, 1.54) is 0 Å². The van der Waals surface area contributed by atoms with Gasteiger partial charge < -0.3 is 21.1 Å². The molecule has 4 rings (SSSR count). The number of anilines is 3. The zero-order chi connectivity index (χ0) is 23.2. The Morgan fingerprint density at radius 3 is 2.61 bits per heavy atom. The number of rotatable bonds is 7. The zero-order valence-corrected chi connectivity index (χ0v) is 18.6. The highest BCUT2D eigenvalue weighted by molar-refractivity contribution is 5.98. The molecule has 1 saturated heterocycles. The van der Waals surface area contributed by atoms with Crippen LogP contribution in [0.4, 0.5) is 21.9 Å². The Morgan fingerprint density at radius 2 is 1.88 bits per heavy atom. The molecule has 1 atom stereocenters. The number of aryl methyl sites for hydroxylation is 1. The van der Waals surface area contributed by atoms with E-state index in [0.717, 1.165) is 34.5 Å². The summed E-state index contributed by atoms with van der Waals surface area (Å²) in [6.45, 7) is 3.41. The van der Waals surface area contributed by atoms with Crippen molar-refractivity contribution in [3.63, 3.8) is 0 Å². The van der Waals surface area contributed by atoms with Gasteiger partial charge in [0.1, 0.15) is 6.04 Å². The van der Waals surface area contributed by atoms with Crippen LogP contribution in [0, 0.1) is 6.92 Å². The second kappa shape index (κ2) is 10.2. The van der Waals surface area contributed by atoms with Gasteiger partial charge in [-0.2, -0.15) is 0 Å². The van der Waals surface area contributed by atoms with E-state index in [1.54, 1.807) is 11.0 Å². The minimum absolute atomic E-state index is 0.191. The van der Waals surface area contributed by atoms with Crippen LogP contribution in [0.25, 0.3) is 0 Å². The lowest BCUT2D eigenvalue weighted by atomic mass is 10.0. The van der Waals surface area contributed by atoms with Crippen molar-refractivity contribution in [2.75, 3.05) is 28.7 Å². The maximum atomic E-state index is 13.3. The fraction of sp³-hybridized carbons (Fsp3) is 0.231. The molecular weight excluding hydrogens is 416 g/mol. The van der Waals surface area contributed by atoms with E-state index in [0.29, 0.717) is 25.4 Å². The molecule has 1 fully saturated rings. The average Bonchev–Trinajstić information content (AvgIpc) is 2.84. The van der Waals surface area contributed by atoms with Gasteiger partial charge in [-0.15, -0.1) is 0 Å². The minimum Gasteiger partial charge on any atom is -0.449 e. The van der Waals surface area contributed by atoms with Crippen LogP contribution < -0.4 is 21.3 Å². The molecule has 170 valence electrons. The number of nitrogens with zero attached hydrogens (tertiary/aromatic N) is 1. The predicted octanol–water partition coefficient (Wildman–Crippen LogP) is 4.59. The summed E-state index contributed by atoms with van der Waals surface area (Å²) in [7, 11) is 0. The van der Waals surface area contributed by atoms with Crippen LogP contribution in [0.2, 0.25) is 0 Å². The van der Waals surface area contributed by atoms with Gasteiger partial charge in [0.25, 0.3) is 5.91 Å². The summed E-state index contributed by atoms with van der Waals surface area (Å²) in [5.41, 5.74) is 10.7. The number of ether oxygens (including phenoxy) is 1. The molecule has 4 N–H and O–H groups in total. The molecule has 0 radical (unpaired) electrons. The van der Waals surface area contributed by atoms with E-state index in [-0.39, 0.29) is 12.0 Å².